The number of fused-ring (bicyclic) bond motifs is 2. The van der Waals surface area contributed by atoms with Crippen LogP contribution in [0.2, 0.25) is 0 Å². The fraction of sp³-hybridized carbons (Fsp3) is 0.400. The van der Waals surface area contributed by atoms with Crippen molar-refractivity contribution in [2.75, 3.05) is 6.79 Å². The lowest BCUT2D eigenvalue weighted by atomic mass is 10.0. The van der Waals surface area contributed by atoms with Gasteiger partial charge in [0.15, 0.2) is 6.79 Å². The van der Waals surface area contributed by atoms with Crippen molar-refractivity contribution in [3.8, 4) is 5.75 Å². The maximum atomic E-state index is 5.61. The summed E-state index contributed by atoms with van der Waals surface area (Å²) in [5, 5.41) is 0. The van der Waals surface area contributed by atoms with Gasteiger partial charge in [-0.3, -0.25) is 0 Å². The van der Waals surface area contributed by atoms with Gasteiger partial charge < -0.3 is 14.2 Å². The summed E-state index contributed by atoms with van der Waals surface area (Å²) in [4.78, 5) is 0. The summed E-state index contributed by atoms with van der Waals surface area (Å²) in [6.07, 6.45) is 0.769. The van der Waals surface area contributed by atoms with Gasteiger partial charge in [-0.25, -0.2) is 0 Å². The zero-order valence-electron chi connectivity index (χ0n) is 7.10. The molecular weight excluding hydrogens is 168 g/mol. The maximum Gasteiger partial charge on any atom is 0.228 e. The van der Waals surface area contributed by atoms with Crippen LogP contribution < -0.4 is 4.74 Å². The van der Waals surface area contributed by atoms with E-state index in [2.05, 4.69) is 6.07 Å². The van der Waals surface area contributed by atoms with E-state index in [1.807, 2.05) is 18.2 Å². The van der Waals surface area contributed by atoms with Crippen LogP contribution in [-0.2, 0) is 15.9 Å². The van der Waals surface area contributed by atoms with Crippen LogP contribution in [0.25, 0.3) is 0 Å². The zero-order chi connectivity index (χ0) is 8.67. The Hall–Kier alpha value is -1.06. The van der Waals surface area contributed by atoms with Gasteiger partial charge in [0.05, 0.1) is 0 Å². The van der Waals surface area contributed by atoms with Gasteiger partial charge in [-0.1, -0.05) is 18.2 Å². The van der Waals surface area contributed by atoms with E-state index >= 15 is 0 Å². The molecule has 0 aliphatic carbocycles. The van der Waals surface area contributed by atoms with E-state index in [0.29, 0.717) is 6.79 Å². The van der Waals surface area contributed by atoms with Crippen LogP contribution in [0.4, 0.5) is 0 Å². The summed E-state index contributed by atoms with van der Waals surface area (Å²) < 4.78 is 16.2. The maximum absolute atomic E-state index is 5.61. The van der Waals surface area contributed by atoms with E-state index in [1.54, 1.807) is 0 Å². The third-order valence-electron chi connectivity index (χ3n) is 2.45. The van der Waals surface area contributed by atoms with Crippen molar-refractivity contribution in [3.63, 3.8) is 0 Å². The van der Waals surface area contributed by atoms with Gasteiger partial charge in [-0.05, 0) is 11.6 Å². The smallest absolute Gasteiger partial charge is 0.228 e. The van der Waals surface area contributed by atoms with Gasteiger partial charge in [0.2, 0.25) is 6.29 Å². The van der Waals surface area contributed by atoms with Crippen LogP contribution in [0, 0.1) is 0 Å². The van der Waals surface area contributed by atoms with E-state index in [1.165, 1.54) is 5.56 Å². The highest BCUT2D eigenvalue weighted by molar-refractivity contribution is 5.35. The Morgan fingerprint density at radius 3 is 3.08 bits per heavy atom. The quantitative estimate of drug-likeness (QED) is 0.599. The summed E-state index contributed by atoms with van der Waals surface area (Å²) in [7, 11) is 0. The Kier molecular flexibility index (Phi) is 1.54. The molecule has 0 amide bonds. The van der Waals surface area contributed by atoms with E-state index in [9.17, 15) is 0 Å². The van der Waals surface area contributed by atoms with E-state index in [-0.39, 0.29) is 12.4 Å². The molecule has 3 nitrogen and oxygen atoms in total. The second-order valence-corrected chi connectivity index (χ2v) is 3.29. The molecule has 0 saturated carbocycles. The first-order chi connectivity index (χ1) is 6.43. The predicted octanol–water partition coefficient (Wildman–Crippen LogP) is 1.32. The predicted molar refractivity (Wildman–Crippen MR) is 45.4 cm³/mol. The van der Waals surface area contributed by atoms with E-state index < -0.39 is 0 Å². The van der Waals surface area contributed by atoms with E-state index in [4.69, 9.17) is 14.2 Å². The van der Waals surface area contributed by atoms with Crippen molar-refractivity contribution in [2.24, 2.45) is 0 Å². The Morgan fingerprint density at radius 1 is 1.15 bits per heavy atom. The summed E-state index contributed by atoms with van der Waals surface area (Å²) in [6, 6.07) is 8.01. The number of rotatable bonds is 0. The van der Waals surface area contributed by atoms with Crippen LogP contribution in [0.1, 0.15) is 5.56 Å². The summed E-state index contributed by atoms with van der Waals surface area (Å²) in [5.41, 5.74) is 1.20. The van der Waals surface area contributed by atoms with Crippen LogP contribution in [0.3, 0.4) is 0 Å². The average molecular weight is 178 g/mol. The molecule has 2 aliphatic rings. The molecule has 0 aromatic heterocycles. The fourth-order valence-electron chi connectivity index (χ4n) is 1.77. The third kappa shape index (κ3) is 1.12. The Balaban J connectivity index is 1.97. The van der Waals surface area contributed by atoms with Gasteiger partial charge >= 0.3 is 0 Å². The SMILES string of the molecule is c1ccc2c(c1)CC1OCOC1O2. The highest BCUT2D eigenvalue weighted by atomic mass is 16.8. The molecule has 2 atom stereocenters. The first-order valence-corrected chi connectivity index (χ1v) is 4.41. The van der Waals surface area contributed by atoms with Gasteiger partial charge in [0, 0.05) is 6.42 Å². The van der Waals surface area contributed by atoms with Crippen molar-refractivity contribution >= 4 is 0 Å². The highest BCUT2D eigenvalue weighted by Gasteiger charge is 2.35. The Bertz CT molecular complexity index is 293. The lowest BCUT2D eigenvalue weighted by Crippen LogP contribution is -2.34. The van der Waals surface area contributed by atoms with Crippen molar-refractivity contribution < 1.29 is 14.2 Å². The number of para-hydroxylation sites is 1. The van der Waals surface area contributed by atoms with Crippen LogP contribution >= 0.6 is 0 Å². The molecular formula is C10H10O3. The van der Waals surface area contributed by atoms with Gasteiger partial charge in [-0.15, -0.1) is 0 Å². The van der Waals surface area contributed by atoms with Gasteiger partial charge in [-0.2, -0.15) is 0 Å². The molecule has 68 valence electrons. The first-order valence-electron chi connectivity index (χ1n) is 4.41. The molecule has 1 aromatic carbocycles. The monoisotopic (exact) mass is 178 g/mol. The van der Waals surface area contributed by atoms with Crippen LogP contribution in [-0.4, -0.2) is 19.2 Å². The summed E-state index contributed by atoms with van der Waals surface area (Å²) in [5.74, 6) is 0.925. The van der Waals surface area contributed by atoms with Crippen LogP contribution in [0.5, 0.6) is 5.75 Å². The largest absolute Gasteiger partial charge is 0.462 e. The summed E-state index contributed by atoms with van der Waals surface area (Å²) in [6.45, 7) is 0.351. The lowest BCUT2D eigenvalue weighted by molar-refractivity contribution is -0.0542. The molecule has 2 unspecified atom stereocenters. The number of benzene rings is 1. The van der Waals surface area contributed by atoms with Crippen molar-refractivity contribution in [1.82, 2.24) is 0 Å². The molecule has 0 N–H and O–H groups in total. The normalized spacial score (nSPS) is 30.5. The van der Waals surface area contributed by atoms with Crippen molar-refractivity contribution in [1.29, 1.82) is 0 Å². The van der Waals surface area contributed by atoms with Crippen LogP contribution in [0.15, 0.2) is 24.3 Å². The van der Waals surface area contributed by atoms with Gasteiger partial charge in [0.25, 0.3) is 0 Å². The van der Waals surface area contributed by atoms with E-state index in [0.717, 1.165) is 12.2 Å². The molecule has 1 fully saturated rings. The Labute approximate surface area is 76.2 Å². The Morgan fingerprint density at radius 2 is 2.08 bits per heavy atom. The van der Waals surface area contributed by atoms with Crippen molar-refractivity contribution in [2.45, 2.75) is 18.8 Å². The number of hydrogen-bond donors (Lipinski definition) is 0. The van der Waals surface area contributed by atoms with Crippen molar-refractivity contribution in [3.05, 3.63) is 29.8 Å². The molecule has 2 heterocycles. The minimum absolute atomic E-state index is 0.0786. The molecule has 2 aliphatic heterocycles. The number of hydrogen-bond acceptors (Lipinski definition) is 3. The molecule has 0 bridgehead atoms. The average Bonchev–Trinajstić information content (AvgIpc) is 2.61. The molecule has 1 saturated heterocycles. The third-order valence-corrected chi connectivity index (χ3v) is 2.45. The second-order valence-electron chi connectivity index (χ2n) is 3.29. The number of ether oxygens (including phenoxy) is 3. The molecule has 3 rings (SSSR count). The fourth-order valence-corrected chi connectivity index (χ4v) is 1.77. The topological polar surface area (TPSA) is 27.7 Å². The molecule has 13 heavy (non-hydrogen) atoms. The molecule has 1 aromatic rings. The lowest BCUT2D eigenvalue weighted by Gasteiger charge is -2.25. The minimum atomic E-state index is -0.199. The van der Waals surface area contributed by atoms with Gasteiger partial charge in [0.1, 0.15) is 11.9 Å². The summed E-state index contributed by atoms with van der Waals surface area (Å²) >= 11 is 0. The molecule has 0 spiro atoms. The second kappa shape index (κ2) is 2.72. The molecule has 0 radical (unpaired) electrons. The minimum Gasteiger partial charge on any atom is -0.462 e. The molecule has 3 heteroatoms. The zero-order valence-corrected chi connectivity index (χ0v) is 7.10. The standard InChI is InChI=1S/C10H10O3/c1-2-4-8-7(3-1)5-9-10(13-8)12-6-11-9/h1-4,9-10H,5-6H2. The highest BCUT2D eigenvalue weighted by Crippen LogP contribution is 2.31. The first kappa shape index (κ1) is 7.35.